The molecule has 6 nitrogen and oxygen atoms in total. The molecule has 8 heteroatoms. The van der Waals surface area contributed by atoms with Crippen molar-refractivity contribution in [1.82, 2.24) is 15.4 Å². The van der Waals surface area contributed by atoms with Gasteiger partial charge in [0.15, 0.2) is 11.5 Å². The molecular formula is C25H25BrFN3O3. The molecule has 2 amide bonds. The summed E-state index contributed by atoms with van der Waals surface area (Å²) in [6.45, 7) is 0.485. The van der Waals surface area contributed by atoms with E-state index in [1.807, 2.05) is 23.1 Å². The fourth-order valence-electron chi connectivity index (χ4n) is 4.09. The Balaban J connectivity index is 1.46. The minimum absolute atomic E-state index is 0.0758. The van der Waals surface area contributed by atoms with Crippen LogP contribution in [0.4, 0.5) is 4.39 Å². The Hall–Kier alpha value is -3.00. The van der Waals surface area contributed by atoms with Gasteiger partial charge in [-0.1, -0.05) is 48.7 Å². The molecule has 0 radical (unpaired) electrons. The van der Waals surface area contributed by atoms with Crippen molar-refractivity contribution in [2.24, 2.45) is 0 Å². The van der Waals surface area contributed by atoms with Crippen LogP contribution in [-0.4, -0.2) is 27.9 Å². The van der Waals surface area contributed by atoms with Crippen molar-refractivity contribution < 1.29 is 18.5 Å². The van der Waals surface area contributed by atoms with Gasteiger partial charge in [-0.2, -0.15) is 0 Å². The first-order chi connectivity index (χ1) is 16.0. The van der Waals surface area contributed by atoms with Gasteiger partial charge in [-0.05, 0) is 58.6 Å². The molecule has 1 saturated carbocycles. The zero-order chi connectivity index (χ0) is 23.2. The second-order valence-corrected chi connectivity index (χ2v) is 9.05. The van der Waals surface area contributed by atoms with Crippen LogP contribution in [0.25, 0.3) is 0 Å². The number of carbonyl (C=O) groups excluding carboxylic acids is 2. The van der Waals surface area contributed by atoms with E-state index in [1.165, 1.54) is 18.6 Å². The molecule has 0 bridgehead atoms. The molecule has 172 valence electrons. The van der Waals surface area contributed by atoms with Gasteiger partial charge < -0.3 is 14.7 Å². The van der Waals surface area contributed by atoms with E-state index in [0.717, 1.165) is 35.7 Å². The van der Waals surface area contributed by atoms with Gasteiger partial charge in [0.1, 0.15) is 5.82 Å². The third kappa shape index (κ3) is 5.87. The second kappa shape index (κ2) is 10.7. The summed E-state index contributed by atoms with van der Waals surface area (Å²) in [6, 6.07) is 15.0. The number of hydrogen-bond donors (Lipinski definition) is 1. The lowest BCUT2D eigenvalue weighted by Crippen LogP contribution is -2.41. The van der Waals surface area contributed by atoms with E-state index < -0.39 is 5.91 Å². The number of hydrogen-bond acceptors (Lipinski definition) is 4. The number of carbonyl (C=O) groups is 2. The van der Waals surface area contributed by atoms with Crippen molar-refractivity contribution in [2.45, 2.75) is 51.2 Å². The molecule has 1 heterocycles. The molecule has 3 aromatic rings. The number of amides is 2. The molecule has 1 aromatic heterocycles. The highest BCUT2D eigenvalue weighted by molar-refractivity contribution is 9.10. The highest BCUT2D eigenvalue weighted by Crippen LogP contribution is 2.28. The number of nitrogens with one attached hydrogen (secondary N) is 1. The van der Waals surface area contributed by atoms with Crippen molar-refractivity contribution in [3.63, 3.8) is 0 Å². The SMILES string of the molecule is O=C(NCc1ccc(F)cc1)c1cc(CN(C(=O)c2ccccc2Br)C2CCCCC2)on1. The summed E-state index contributed by atoms with van der Waals surface area (Å²) in [5.41, 5.74) is 1.51. The average Bonchev–Trinajstić information content (AvgIpc) is 3.31. The Morgan fingerprint density at radius 1 is 1.09 bits per heavy atom. The molecule has 0 unspecified atom stereocenters. The van der Waals surface area contributed by atoms with Gasteiger partial charge in [-0.25, -0.2) is 4.39 Å². The van der Waals surface area contributed by atoms with E-state index >= 15 is 0 Å². The zero-order valence-corrected chi connectivity index (χ0v) is 19.7. The maximum Gasteiger partial charge on any atom is 0.273 e. The minimum Gasteiger partial charge on any atom is -0.359 e. The van der Waals surface area contributed by atoms with E-state index in [4.69, 9.17) is 4.52 Å². The summed E-state index contributed by atoms with van der Waals surface area (Å²) in [7, 11) is 0. The Bertz CT molecular complexity index is 1110. The third-order valence-electron chi connectivity index (χ3n) is 5.86. The third-order valence-corrected chi connectivity index (χ3v) is 6.56. The van der Waals surface area contributed by atoms with Gasteiger partial charge in [0.2, 0.25) is 0 Å². The first-order valence-electron chi connectivity index (χ1n) is 11.0. The molecule has 0 atom stereocenters. The summed E-state index contributed by atoms with van der Waals surface area (Å²) in [4.78, 5) is 27.7. The molecule has 1 fully saturated rings. The quantitative estimate of drug-likeness (QED) is 0.453. The van der Waals surface area contributed by atoms with Crippen LogP contribution in [0, 0.1) is 5.82 Å². The van der Waals surface area contributed by atoms with E-state index in [9.17, 15) is 14.0 Å². The van der Waals surface area contributed by atoms with Crippen LogP contribution in [0.15, 0.2) is 63.6 Å². The van der Waals surface area contributed by atoms with E-state index in [0.29, 0.717) is 11.3 Å². The van der Waals surface area contributed by atoms with Crippen molar-refractivity contribution >= 4 is 27.7 Å². The summed E-state index contributed by atoms with van der Waals surface area (Å²) >= 11 is 3.48. The topological polar surface area (TPSA) is 75.4 Å². The van der Waals surface area contributed by atoms with Gasteiger partial charge in [-0.3, -0.25) is 9.59 Å². The largest absolute Gasteiger partial charge is 0.359 e. The van der Waals surface area contributed by atoms with Gasteiger partial charge in [-0.15, -0.1) is 0 Å². The molecule has 1 aliphatic rings. The summed E-state index contributed by atoms with van der Waals surface area (Å²) in [6.07, 6.45) is 5.22. The molecule has 2 aromatic carbocycles. The van der Waals surface area contributed by atoms with E-state index in [-0.39, 0.29) is 36.5 Å². The molecule has 1 aliphatic carbocycles. The predicted molar refractivity (Wildman–Crippen MR) is 125 cm³/mol. The average molecular weight is 514 g/mol. The van der Waals surface area contributed by atoms with E-state index in [2.05, 4.69) is 26.4 Å². The predicted octanol–water partition coefficient (Wildman–Crippen LogP) is 5.48. The van der Waals surface area contributed by atoms with Crippen LogP contribution in [0.1, 0.15) is 64.3 Å². The van der Waals surface area contributed by atoms with Crippen LogP contribution in [-0.2, 0) is 13.1 Å². The first kappa shape index (κ1) is 23.2. The fourth-order valence-corrected chi connectivity index (χ4v) is 4.54. The first-order valence-corrected chi connectivity index (χ1v) is 11.8. The zero-order valence-electron chi connectivity index (χ0n) is 18.1. The Morgan fingerprint density at radius 3 is 2.55 bits per heavy atom. The number of nitrogens with zero attached hydrogens (tertiary/aromatic N) is 2. The summed E-state index contributed by atoms with van der Waals surface area (Å²) < 4.78 is 19.2. The Morgan fingerprint density at radius 2 is 1.82 bits per heavy atom. The lowest BCUT2D eigenvalue weighted by atomic mass is 9.93. The molecule has 0 saturated heterocycles. The highest BCUT2D eigenvalue weighted by Gasteiger charge is 2.29. The van der Waals surface area contributed by atoms with Crippen LogP contribution in [0.2, 0.25) is 0 Å². The number of halogens is 2. The van der Waals surface area contributed by atoms with Gasteiger partial charge in [0.05, 0.1) is 12.1 Å². The van der Waals surface area contributed by atoms with Crippen LogP contribution >= 0.6 is 15.9 Å². The fraction of sp³-hybridized carbons (Fsp3) is 0.320. The number of rotatable bonds is 7. The van der Waals surface area contributed by atoms with Crippen LogP contribution < -0.4 is 5.32 Å². The molecule has 0 spiro atoms. The smallest absolute Gasteiger partial charge is 0.273 e. The monoisotopic (exact) mass is 513 g/mol. The summed E-state index contributed by atoms with van der Waals surface area (Å²) in [5, 5.41) is 6.65. The van der Waals surface area contributed by atoms with Crippen molar-refractivity contribution in [1.29, 1.82) is 0 Å². The minimum atomic E-state index is -0.393. The van der Waals surface area contributed by atoms with Crippen molar-refractivity contribution in [3.8, 4) is 0 Å². The van der Waals surface area contributed by atoms with Gasteiger partial charge in [0, 0.05) is 23.1 Å². The number of aromatic nitrogens is 1. The lowest BCUT2D eigenvalue weighted by molar-refractivity contribution is 0.0589. The standard InChI is InChI=1S/C25H25BrFN3O3/c26-22-9-5-4-8-21(22)25(32)30(19-6-2-1-3-7-19)16-20-14-23(29-33-20)24(31)28-15-17-10-12-18(27)13-11-17/h4-5,8-14,19H,1-3,6-7,15-16H2,(H,28,31). The van der Waals surface area contributed by atoms with Crippen LogP contribution in [0.5, 0.6) is 0 Å². The Kier molecular flexibility index (Phi) is 7.54. The number of benzene rings is 2. The second-order valence-electron chi connectivity index (χ2n) is 8.19. The molecule has 33 heavy (non-hydrogen) atoms. The molecule has 4 rings (SSSR count). The Labute approximate surface area is 200 Å². The molecule has 0 aliphatic heterocycles. The van der Waals surface area contributed by atoms with E-state index in [1.54, 1.807) is 24.3 Å². The van der Waals surface area contributed by atoms with Crippen molar-refractivity contribution in [2.75, 3.05) is 0 Å². The lowest BCUT2D eigenvalue weighted by Gasteiger charge is -2.34. The molecular weight excluding hydrogens is 489 g/mol. The maximum absolute atomic E-state index is 13.4. The molecule has 1 N–H and O–H groups in total. The van der Waals surface area contributed by atoms with Gasteiger partial charge >= 0.3 is 0 Å². The summed E-state index contributed by atoms with van der Waals surface area (Å²) in [5.74, 6) is -0.345. The maximum atomic E-state index is 13.4. The van der Waals surface area contributed by atoms with Gasteiger partial charge in [0.25, 0.3) is 11.8 Å². The van der Waals surface area contributed by atoms with Crippen molar-refractivity contribution in [3.05, 3.63) is 87.5 Å². The van der Waals surface area contributed by atoms with Crippen LogP contribution in [0.3, 0.4) is 0 Å². The highest BCUT2D eigenvalue weighted by atomic mass is 79.9. The normalized spacial score (nSPS) is 14.1.